The molecule has 1 aliphatic heterocycles. The zero-order valence-electron chi connectivity index (χ0n) is 12.8. The highest BCUT2D eigenvalue weighted by Crippen LogP contribution is 2.32. The topological polar surface area (TPSA) is 61.8 Å². The number of rotatable bonds is 5. The molecule has 0 saturated carbocycles. The van der Waals surface area contributed by atoms with Crippen LogP contribution < -0.4 is 5.32 Å². The van der Waals surface area contributed by atoms with Gasteiger partial charge in [0.15, 0.2) is 5.17 Å². The molecule has 1 aliphatic rings. The Morgan fingerprint density at radius 1 is 1.30 bits per heavy atom. The van der Waals surface area contributed by atoms with Crippen molar-refractivity contribution < 1.29 is 9.59 Å². The van der Waals surface area contributed by atoms with E-state index in [1.54, 1.807) is 23.1 Å². The predicted molar refractivity (Wildman–Crippen MR) is 95.6 cm³/mol. The second-order valence-corrected chi connectivity index (χ2v) is 6.91. The smallest absolute Gasteiger partial charge is 0.242 e. The van der Waals surface area contributed by atoms with Crippen LogP contribution in [-0.2, 0) is 9.59 Å². The SMILES string of the molecule is CCNC(=O)CC1SC(=Nc2cc(Cl)cc(Cl)c2)N(CC)C1=O. The number of aliphatic imine (C=N–C) groups is 1. The van der Waals surface area contributed by atoms with E-state index in [0.717, 1.165) is 0 Å². The first-order valence-electron chi connectivity index (χ1n) is 7.24. The van der Waals surface area contributed by atoms with E-state index >= 15 is 0 Å². The van der Waals surface area contributed by atoms with Crippen LogP contribution in [-0.4, -0.2) is 40.2 Å². The second kappa shape index (κ2) is 8.04. The third-order valence-corrected chi connectivity index (χ3v) is 4.76. The van der Waals surface area contributed by atoms with Crippen LogP contribution in [0.4, 0.5) is 5.69 Å². The lowest BCUT2D eigenvalue weighted by Crippen LogP contribution is -2.34. The average molecular weight is 374 g/mol. The van der Waals surface area contributed by atoms with Crippen molar-refractivity contribution in [2.75, 3.05) is 13.1 Å². The van der Waals surface area contributed by atoms with Gasteiger partial charge in [0, 0.05) is 29.6 Å². The van der Waals surface area contributed by atoms with Gasteiger partial charge in [0.1, 0.15) is 5.25 Å². The molecule has 8 heteroatoms. The molecular weight excluding hydrogens is 357 g/mol. The molecule has 2 amide bonds. The van der Waals surface area contributed by atoms with Gasteiger partial charge >= 0.3 is 0 Å². The first kappa shape index (κ1) is 18.1. The molecule has 2 rings (SSSR count). The molecule has 1 heterocycles. The number of benzene rings is 1. The maximum atomic E-state index is 12.4. The van der Waals surface area contributed by atoms with Crippen molar-refractivity contribution in [3.63, 3.8) is 0 Å². The normalized spacial score (nSPS) is 19.5. The molecule has 0 spiro atoms. The van der Waals surface area contributed by atoms with Gasteiger partial charge < -0.3 is 5.32 Å². The van der Waals surface area contributed by atoms with Crippen LogP contribution >= 0.6 is 35.0 Å². The summed E-state index contributed by atoms with van der Waals surface area (Å²) in [6, 6.07) is 4.97. The summed E-state index contributed by atoms with van der Waals surface area (Å²) < 4.78 is 0. The number of carbonyl (C=O) groups is 2. The van der Waals surface area contributed by atoms with Crippen LogP contribution in [0.5, 0.6) is 0 Å². The van der Waals surface area contributed by atoms with E-state index < -0.39 is 5.25 Å². The molecule has 1 unspecified atom stereocenters. The molecule has 0 aliphatic carbocycles. The summed E-state index contributed by atoms with van der Waals surface area (Å²) in [5.74, 6) is -0.239. The summed E-state index contributed by atoms with van der Waals surface area (Å²) in [4.78, 5) is 30.2. The van der Waals surface area contributed by atoms with Crippen molar-refractivity contribution in [1.82, 2.24) is 10.2 Å². The van der Waals surface area contributed by atoms with E-state index in [4.69, 9.17) is 23.2 Å². The standard InChI is InChI=1S/C15H17Cl2N3O2S/c1-3-18-13(21)8-12-14(22)20(4-2)15(23-12)19-11-6-9(16)5-10(17)7-11/h5-7,12H,3-4,8H2,1-2H3,(H,18,21). The minimum atomic E-state index is -0.449. The van der Waals surface area contributed by atoms with Crippen molar-refractivity contribution in [2.45, 2.75) is 25.5 Å². The van der Waals surface area contributed by atoms with Gasteiger partial charge in [0.2, 0.25) is 11.8 Å². The van der Waals surface area contributed by atoms with Crippen molar-refractivity contribution in [2.24, 2.45) is 4.99 Å². The van der Waals surface area contributed by atoms with E-state index in [9.17, 15) is 9.59 Å². The van der Waals surface area contributed by atoms with Gasteiger partial charge in [-0.2, -0.15) is 0 Å². The number of hydrogen-bond acceptors (Lipinski definition) is 4. The number of hydrogen-bond donors (Lipinski definition) is 1. The maximum Gasteiger partial charge on any atom is 0.242 e. The first-order chi connectivity index (χ1) is 10.9. The number of nitrogens with zero attached hydrogens (tertiary/aromatic N) is 2. The van der Waals surface area contributed by atoms with Gasteiger partial charge in [-0.05, 0) is 32.0 Å². The molecule has 1 N–H and O–H groups in total. The second-order valence-electron chi connectivity index (χ2n) is 4.87. The van der Waals surface area contributed by atoms with Crippen LogP contribution in [0.1, 0.15) is 20.3 Å². The van der Waals surface area contributed by atoms with Crippen LogP contribution in [0, 0.1) is 0 Å². The number of amidine groups is 1. The molecule has 1 aromatic rings. The summed E-state index contributed by atoms with van der Waals surface area (Å²) in [6.45, 7) is 4.75. The fourth-order valence-electron chi connectivity index (χ4n) is 2.17. The quantitative estimate of drug-likeness (QED) is 0.859. The van der Waals surface area contributed by atoms with Crippen LogP contribution in [0.25, 0.3) is 0 Å². The monoisotopic (exact) mass is 373 g/mol. The molecule has 5 nitrogen and oxygen atoms in total. The summed E-state index contributed by atoms with van der Waals surface area (Å²) >= 11 is 13.2. The Morgan fingerprint density at radius 3 is 2.52 bits per heavy atom. The summed E-state index contributed by atoms with van der Waals surface area (Å²) in [7, 11) is 0. The Morgan fingerprint density at radius 2 is 1.96 bits per heavy atom. The molecule has 1 aromatic carbocycles. The Labute approximate surface area is 149 Å². The van der Waals surface area contributed by atoms with E-state index in [0.29, 0.717) is 34.0 Å². The van der Waals surface area contributed by atoms with Gasteiger partial charge in [-0.15, -0.1) is 0 Å². The molecule has 0 radical (unpaired) electrons. The fraction of sp³-hybridized carbons (Fsp3) is 0.400. The van der Waals surface area contributed by atoms with E-state index in [1.807, 2.05) is 13.8 Å². The van der Waals surface area contributed by atoms with Gasteiger partial charge in [-0.3, -0.25) is 14.5 Å². The Bertz CT molecular complexity index is 631. The molecular formula is C15H17Cl2N3O2S. The van der Waals surface area contributed by atoms with Gasteiger partial charge in [0.25, 0.3) is 0 Å². The molecule has 23 heavy (non-hydrogen) atoms. The highest BCUT2D eigenvalue weighted by Gasteiger charge is 2.38. The third-order valence-electron chi connectivity index (χ3n) is 3.15. The maximum absolute atomic E-state index is 12.4. The number of amides is 2. The number of halogens is 2. The largest absolute Gasteiger partial charge is 0.356 e. The number of thioether (sulfide) groups is 1. The minimum Gasteiger partial charge on any atom is -0.356 e. The zero-order chi connectivity index (χ0) is 17.0. The lowest BCUT2D eigenvalue weighted by atomic mass is 10.2. The number of carbonyl (C=O) groups excluding carboxylic acids is 2. The van der Waals surface area contributed by atoms with Gasteiger partial charge in [0.05, 0.1) is 5.69 Å². The summed E-state index contributed by atoms with van der Waals surface area (Å²) in [5, 5.41) is 3.78. The lowest BCUT2D eigenvalue weighted by Gasteiger charge is -2.13. The molecule has 1 fully saturated rings. The van der Waals surface area contributed by atoms with Gasteiger partial charge in [-0.1, -0.05) is 35.0 Å². The predicted octanol–water partition coefficient (Wildman–Crippen LogP) is 3.47. The van der Waals surface area contributed by atoms with Crippen molar-refractivity contribution >= 4 is 57.6 Å². The van der Waals surface area contributed by atoms with E-state index in [1.165, 1.54) is 11.8 Å². The Balaban J connectivity index is 2.22. The van der Waals surface area contributed by atoms with Gasteiger partial charge in [-0.25, -0.2) is 4.99 Å². The average Bonchev–Trinajstić information content (AvgIpc) is 2.73. The summed E-state index contributed by atoms with van der Waals surface area (Å²) in [5.41, 5.74) is 0.579. The molecule has 1 saturated heterocycles. The molecule has 0 bridgehead atoms. The van der Waals surface area contributed by atoms with Crippen LogP contribution in [0.2, 0.25) is 10.0 Å². The van der Waals surface area contributed by atoms with Crippen LogP contribution in [0.3, 0.4) is 0 Å². The van der Waals surface area contributed by atoms with E-state index in [2.05, 4.69) is 10.3 Å². The Hall–Kier alpha value is -1.24. The van der Waals surface area contributed by atoms with Crippen molar-refractivity contribution in [3.8, 4) is 0 Å². The molecule has 0 aromatic heterocycles. The molecule has 124 valence electrons. The summed E-state index contributed by atoms with van der Waals surface area (Å²) in [6.07, 6.45) is 0.142. The van der Waals surface area contributed by atoms with E-state index in [-0.39, 0.29) is 18.2 Å². The zero-order valence-corrected chi connectivity index (χ0v) is 15.1. The lowest BCUT2D eigenvalue weighted by molar-refractivity contribution is -0.129. The highest BCUT2D eigenvalue weighted by atomic mass is 35.5. The first-order valence-corrected chi connectivity index (χ1v) is 8.87. The Kier molecular flexibility index (Phi) is 6.33. The number of nitrogens with one attached hydrogen (secondary N) is 1. The minimum absolute atomic E-state index is 0.101. The van der Waals surface area contributed by atoms with Crippen molar-refractivity contribution in [3.05, 3.63) is 28.2 Å². The highest BCUT2D eigenvalue weighted by molar-refractivity contribution is 8.15. The van der Waals surface area contributed by atoms with Crippen molar-refractivity contribution in [1.29, 1.82) is 0 Å². The molecule has 1 atom stereocenters. The van der Waals surface area contributed by atoms with Crippen LogP contribution in [0.15, 0.2) is 23.2 Å². The fourth-order valence-corrected chi connectivity index (χ4v) is 3.90. The third kappa shape index (κ3) is 4.62.